The van der Waals surface area contributed by atoms with Crippen LogP contribution in [0.15, 0.2) is 27.4 Å². The van der Waals surface area contributed by atoms with E-state index in [0.717, 1.165) is 5.56 Å². The summed E-state index contributed by atoms with van der Waals surface area (Å²) in [6.45, 7) is 4.80. The average Bonchev–Trinajstić information content (AvgIpc) is 3.12. The van der Waals surface area contributed by atoms with Gasteiger partial charge in [0, 0.05) is 32.1 Å². The van der Waals surface area contributed by atoms with Gasteiger partial charge in [0.1, 0.15) is 6.04 Å². The Morgan fingerprint density at radius 2 is 2.15 bits per heavy atom. The van der Waals surface area contributed by atoms with E-state index in [1.54, 1.807) is 6.07 Å². The van der Waals surface area contributed by atoms with Crippen LogP contribution in [-0.2, 0) is 16.1 Å². The molecule has 2 amide bonds. The Bertz CT molecular complexity index is 885. The van der Waals surface area contributed by atoms with Gasteiger partial charge in [-0.05, 0) is 38.0 Å². The van der Waals surface area contributed by atoms with Gasteiger partial charge in [0.05, 0.1) is 5.52 Å². The zero-order valence-electron chi connectivity index (χ0n) is 15.0. The Morgan fingerprint density at radius 3 is 2.88 bits per heavy atom. The van der Waals surface area contributed by atoms with Gasteiger partial charge >= 0.3 is 5.76 Å². The summed E-state index contributed by atoms with van der Waals surface area (Å²) in [5.74, 6) is -0.866. The van der Waals surface area contributed by atoms with E-state index < -0.39 is 11.8 Å². The topological polar surface area (TPSA) is 111 Å². The number of amides is 2. The molecule has 0 saturated carbocycles. The minimum atomic E-state index is -0.544. The van der Waals surface area contributed by atoms with Crippen LogP contribution in [0.1, 0.15) is 25.3 Å². The second-order valence-electron chi connectivity index (χ2n) is 6.69. The van der Waals surface area contributed by atoms with Crippen molar-refractivity contribution in [2.24, 2.45) is 5.73 Å². The Morgan fingerprint density at radius 1 is 1.38 bits per heavy atom. The molecule has 3 rings (SSSR count). The number of carbonyl (C=O) groups excluding carboxylic acids is 2. The minimum absolute atomic E-state index is 0.102. The van der Waals surface area contributed by atoms with E-state index in [2.05, 4.69) is 5.32 Å². The van der Waals surface area contributed by atoms with Crippen molar-refractivity contribution in [3.05, 3.63) is 34.3 Å². The number of likely N-dealkylation sites (tertiary alicyclic amines) is 1. The van der Waals surface area contributed by atoms with Crippen LogP contribution in [0.2, 0.25) is 0 Å². The maximum Gasteiger partial charge on any atom is 0.419 e. The number of oxazole rings is 1. The predicted molar refractivity (Wildman–Crippen MR) is 96.6 cm³/mol. The van der Waals surface area contributed by atoms with E-state index in [1.807, 2.05) is 26.0 Å². The number of nitrogens with two attached hydrogens (primary N) is 1. The van der Waals surface area contributed by atoms with E-state index in [4.69, 9.17) is 10.2 Å². The van der Waals surface area contributed by atoms with E-state index in [9.17, 15) is 14.4 Å². The highest BCUT2D eigenvalue weighted by molar-refractivity contribution is 5.88. The van der Waals surface area contributed by atoms with Crippen LogP contribution in [0.5, 0.6) is 0 Å². The number of aromatic nitrogens is 1. The van der Waals surface area contributed by atoms with Crippen LogP contribution in [0, 0.1) is 6.92 Å². The predicted octanol–water partition coefficient (Wildman–Crippen LogP) is 0.357. The number of fused-ring (bicyclic) bond motifs is 1. The normalized spacial score (nSPS) is 19.9. The monoisotopic (exact) mass is 360 g/mol. The van der Waals surface area contributed by atoms with Crippen LogP contribution in [0.3, 0.4) is 0 Å². The van der Waals surface area contributed by atoms with Gasteiger partial charge in [-0.15, -0.1) is 0 Å². The summed E-state index contributed by atoms with van der Waals surface area (Å²) < 4.78 is 6.67. The molecule has 140 valence electrons. The van der Waals surface area contributed by atoms with Crippen molar-refractivity contribution in [1.82, 2.24) is 14.8 Å². The van der Waals surface area contributed by atoms with E-state index in [0.29, 0.717) is 30.6 Å². The maximum absolute atomic E-state index is 12.7. The van der Waals surface area contributed by atoms with Gasteiger partial charge in [0.15, 0.2) is 5.58 Å². The number of nitrogens with zero attached hydrogens (tertiary/aromatic N) is 2. The van der Waals surface area contributed by atoms with Crippen molar-refractivity contribution < 1.29 is 14.0 Å². The van der Waals surface area contributed by atoms with Crippen LogP contribution < -0.4 is 16.8 Å². The fourth-order valence-corrected chi connectivity index (χ4v) is 3.42. The number of nitrogens with one attached hydrogen (secondary N) is 1. The number of benzene rings is 1. The van der Waals surface area contributed by atoms with Gasteiger partial charge in [-0.2, -0.15) is 0 Å². The summed E-state index contributed by atoms with van der Waals surface area (Å²) in [5, 5.41) is 2.74. The number of rotatable bonds is 5. The summed E-state index contributed by atoms with van der Waals surface area (Å²) in [4.78, 5) is 38.4. The van der Waals surface area contributed by atoms with Crippen LogP contribution in [-0.4, -0.2) is 46.5 Å². The Hall–Kier alpha value is -2.61. The number of aryl methyl sites for hydroxylation is 2. The lowest BCUT2D eigenvalue weighted by atomic mass is 10.1. The van der Waals surface area contributed by atoms with Gasteiger partial charge in [-0.25, -0.2) is 4.79 Å². The molecule has 1 aromatic heterocycles. The second kappa shape index (κ2) is 7.33. The number of hydrogen-bond donors (Lipinski definition) is 2. The first kappa shape index (κ1) is 18.2. The van der Waals surface area contributed by atoms with E-state index >= 15 is 0 Å². The quantitative estimate of drug-likeness (QED) is 0.800. The molecule has 2 heterocycles. The SMILES string of the molecule is CCNC(=O)[C@@H]1C[C@@H](N)CN1C(=O)CCn1c(=O)oc2ccc(C)cc21. The number of carbonyl (C=O) groups is 2. The van der Waals surface area contributed by atoms with E-state index in [-0.39, 0.29) is 30.8 Å². The molecule has 0 aliphatic carbocycles. The number of hydrogen-bond acceptors (Lipinski definition) is 5. The molecule has 26 heavy (non-hydrogen) atoms. The summed E-state index contributed by atoms with van der Waals surface area (Å²) >= 11 is 0. The molecule has 8 heteroatoms. The molecule has 0 spiro atoms. The molecular formula is C18H24N4O4. The molecule has 2 atom stereocenters. The molecule has 1 aromatic carbocycles. The van der Waals surface area contributed by atoms with Crippen molar-refractivity contribution in [1.29, 1.82) is 0 Å². The van der Waals surface area contributed by atoms with Crippen molar-refractivity contribution in [3.63, 3.8) is 0 Å². The number of likely N-dealkylation sites (N-methyl/N-ethyl adjacent to an activating group) is 1. The Balaban J connectivity index is 1.74. The van der Waals surface area contributed by atoms with Crippen molar-refractivity contribution in [2.45, 2.75) is 45.3 Å². The molecule has 0 bridgehead atoms. The van der Waals surface area contributed by atoms with Gasteiger partial charge in [0.25, 0.3) is 0 Å². The summed E-state index contributed by atoms with van der Waals surface area (Å²) in [6.07, 6.45) is 0.552. The lowest BCUT2D eigenvalue weighted by Gasteiger charge is -2.23. The van der Waals surface area contributed by atoms with Gasteiger partial charge < -0.3 is 20.4 Å². The van der Waals surface area contributed by atoms with Crippen LogP contribution in [0.4, 0.5) is 0 Å². The zero-order chi connectivity index (χ0) is 18.8. The van der Waals surface area contributed by atoms with Gasteiger partial charge in [0.2, 0.25) is 11.8 Å². The first-order valence-electron chi connectivity index (χ1n) is 8.83. The molecule has 1 saturated heterocycles. The third-order valence-corrected chi connectivity index (χ3v) is 4.68. The highest BCUT2D eigenvalue weighted by Crippen LogP contribution is 2.19. The molecule has 1 aliphatic rings. The fourth-order valence-electron chi connectivity index (χ4n) is 3.42. The summed E-state index contributed by atoms with van der Waals surface area (Å²) in [5.41, 5.74) is 8.11. The largest absolute Gasteiger partial charge is 0.419 e. The van der Waals surface area contributed by atoms with Gasteiger partial charge in [-0.3, -0.25) is 14.2 Å². The van der Waals surface area contributed by atoms with Crippen molar-refractivity contribution in [2.75, 3.05) is 13.1 Å². The zero-order valence-corrected chi connectivity index (χ0v) is 15.0. The fraction of sp³-hybridized carbons (Fsp3) is 0.500. The summed E-state index contributed by atoms with van der Waals surface area (Å²) in [6, 6.07) is 4.70. The van der Waals surface area contributed by atoms with Crippen LogP contribution in [0.25, 0.3) is 11.1 Å². The maximum atomic E-state index is 12.7. The molecule has 0 radical (unpaired) electrons. The second-order valence-corrected chi connectivity index (χ2v) is 6.69. The summed E-state index contributed by atoms with van der Waals surface area (Å²) in [7, 11) is 0. The molecule has 0 unspecified atom stereocenters. The third kappa shape index (κ3) is 3.50. The average molecular weight is 360 g/mol. The molecular weight excluding hydrogens is 336 g/mol. The lowest BCUT2D eigenvalue weighted by molar-refractivity contribution is -0.138. The highest BCUT2D eigenvalue weighted by atomic mass is 16.4. The smallest absolute Gasteiger partial charge is 0.408 e. The minimum Gasteiger partial charge on any atom is -0.408 e. The first-order chi connectivity index (χ1) is 12.4. The third-order valence-electron chi connectivity index (χ3n) is 4.68. The standard InChI is InChI=1S/C18H24N4O4/c1-3-20-17(24)14-9-12(19)10-22(14)16(23)6-7-21-13-8-11(2)4-5-15(13)26-18(21)25/h4-5,8,12,14H,3,6-7,9-10,19H2,1-2H3,(H,20,24)/t12-,14+/m1/s1. The van der Waals surface area contributed by atoms with Gasteiger partial charge in [-0.1, -0.05) is 6.07 Å². The lowest BCUT2D eigenvalue weighted by Crippen LogP contribution is -2.46. The Kier molecular flexibility index (Phi) is 5.13. The van der Waals surface area contributed by atoms with E-state index in [1.165, 1.54) is 9.47 Å². The molecule has 8 nitrogen and oxygen atoms in total. The molecule has 3 N–H and O–H groups in total. The molecule has 2 aromatic rings. The molecule has 1 fully saturated rings. The first-order valence-corrected chi connectivity index (χ1v) is 8.83. The highest BCUT2D eigenvalue weighted by Gasteiger charge is 2.37. The van der Waals surface area contributed by atoms with Crippen LogP contribution >= 0.6 is 0 Å². The van der Waals surface area contributed by atoms with Crippen molar-refractivity contribution >= 4 is 22.9 Å². The van der Waals surface area contributed by atoms with Crippen molar-refractivity contribution in [3.8, 4) is 0 Å². The Labute approximate surface area is 150 Å². The molecule has 1 aliphatic heterocycles.